The fourth-order valence-electron chi connectivity index (χ4n) is 2.86. The minimum Gasteiger partial charge on any atom is -0.340 e. The second kappa shape index (κ2) is 6.78. The van der Waals surface area contributed by atoms with Gasteiger partial charge in [-0.3, -0.25) is 9.59 Å². The fourth-order valence-corrected chi connectivity index (χ4v) is 2.86. The summed E-state index contributed by atoms with van der Waals surface area (Å²) in [6, 6.07) is 8.72. The van der Waals surface area contributed by atoms with E-state index >= 15 is 0 Å². The maximum Gasteiger partial charge on any atom is 0.417 e. The third-order valence-corrected chi connectivity index (χ3v) is 4.13. The Morgan fingerprint density at radius 1 is 1.08 bits per heavy atom. The fraction of sp³-hybridized carbons (Fsp3) is 0.222. The Hall–Kier alpha value is -2.90. The van der Waals surface area contributed by atoms with E-state index in [0.29, 0.717) is 5.69 Å². The first-order valence-electron chi connectivity index (χ1n) is 7.81. The van der Waals surface area contributed by atoms with Gasteiger partial charge in [0.05, 0.1) is 11.1 Å². The Labute approximate surface area is 146 Å². The molecule has 26 heavy (non-hydrogen) atoms. The van der Waals surface area contributed by atoms with Gasteiger partial charge < -0.3 is 10.2 Å². The molecule has 4 nitrogen and oxygen atoms in total. The van der Waals surface area contributed by atoms with Gasteiger partial charge in [-0.2, -0.15) is 13.2 Å². The van der Waals surface area contributed by atoms with Crippen molar-refractivity contribution in [2.24, 2.45) is 0 Å². The minimum atomic E-state index is -4.67. The number of alkyl halides is 3. The van der Waals surface area contributed by atoms with Crippen LogP contribution in [-0.4, -0.2) is 24.4 Å². The van der Waals surface area contributed by atoms with Crippen molar-refractivity contribution in [1.29, 1.82) is 0 Å². The van der Waals surface area contributed by atoms with Crippen LogP contribution in [0.5, 0.6) is 0 Å². The Balaban J connectivity index is 1.75. The van der Waals surface area contributed by atoms with Crippen molar-refractivity contribution < 1.29 is 27.2 Å². The molecular formula is C18H14F4N2O2. The van der Waals surface area contributed by atoms with Crippen molar-refractivity contribution in [3.63, 3.8) is 0 Å². The highest BCUT2D eigenvalue weighted by Gasteiger charge is 2.37. The van der Waals surface area contributed by atoms with Gasteiger partial charge in [0.1, 0.15) is 11.9 Å². The lowest BCUT2D eigenvalue weighted by Gasteiger charge is -2.18. The summed E-state index contributed by atoms with van der Waals surface area (Å²) in [5.74, 6) is -1.86. The molecule has 0 unspecified atom stereocenters. The van der Waals surface area contributed by atoms with Gasteiger partial charge >= 0.3 is 6.18 Å². The average molecular weight is 366 g/mol. The maximum absolute atomic E-state index is 13.0. The summed E-state index contributed by atoms with van der Waals surface area (Å²) < 4.78 is 52.1. The van der Waals surface area contributed by atoms with E-state index in [4.69, 9.17) is 0 Å². The summed E-state index contributed by atoms with van der Waals surface area (Å²) >= 11 is 0. The average Bonchev–Trinajstić information content (AvgIpc) is 2.95. The summed E-state index contributed by atoms with van der Waals surface area (Å²) in [6.07, 6.45) is -4.43. The molecule has 1 N–H and O–H groups in total. The molecule has 1 fully saturated rings. The van der Waals surface area contributed by atoms with E-state index in [0.717, 1.165) is 12.1 Å². The second-order valence-corrected chi connectivity index (χ2v) is 5.82. The van der Waals surface area contributed by atoms with Crippen LogP contribution in [0, 0.1) is 5.82 Å². The standard InChI is InChI=1S/C18H14F4N2O2/c19-11-5-7-12(8-6-11)24-10-9-15(17(24)26)23-16(25)13-3-1-2-4-14(13)18(20,21)22/h1-8,15H,9-10H2,(H,23,25)/t15-/m0/s1. The predicted molar refractivity (Wildman–Crippen MR) is 86.1 cm³/mol. The number of nitrogens with one attached hydrogen (secondary N) is 1. The second-order valence-electron chi connectivity index (χ2n) is 5.82. The summed E-state index contributed by atoms with van der Waals surface area (Å²) in [5.41, 5.74) is -1.13. The molecule has 0 radical (unpaired) electrons. The Morgan fingerprint density at radius 2 is 1.73 bits per heavy atom. The third-order valence-electron chi connectivity index (χ3n) is 4.13. The molecule has 1 aliphatic rings. The maximum atomic E-state index is 13.0. The van der Waals surface area contributed by atoms with Crippen molar-refractivity contribution in [2.75, 3.05) is 11.4 Å². The molecule has 0 aromatic heterocycles. The van der Waals surface area contributed by atoms with Crippen molar-refractivity contribution in [1.82, 2.24) is 5.32 Å². The number of rotatable bonds is 3. The third kappa shape index (κ3) is 3.54. The van der Waals surface area contributed by atoms with Crippen LogP contribution in [0.25, 0.3) is 0 Å². The Morgan fingerprint density at radius 3 is 2.38 bits per heavy atom. The zero-order chi connectivity index (χ0) is 18.9. The van der Waals surface area contributed by atoms with Gasteiger partial charge in [-0.05, 0) is 42.8 Å². The van der Waals surface area contributed by atoms with Gasteiger partial charge in [-0.15, -0.1) is 0 Å². The molecule has 136 valence electrons. The first-order valence-corrected chi connectivity index (χ1v) is 7.81. The lowest BCUT2D eigenvalue weighted by molar-refractivity contribution is -0.137. The molecule has 1 aliphatic heterocycles. The van der Waals surface area contributed by atoms with Gasteiger partial charge in [0.15, 0.2) is 0 Å². The minimum absolute atomic E-state index is 0.246. The molecule has 3 rings (SSSR count). The van der Waals surface area contributed by atoms with Gasteiger partial charge in [-0.1, -0.05) is 12.1 Å². The molecule has 1 heterocycles. The van der Waals surface area contributed by atoms with E-state index in [1.807, 2.05) is 0 Å². The first kappa shape index (κ1) is 17.9. The number of benzene rings is 2. The highest BCUT2D eigenvalue weighted by molar-refractivity contribution is 6.04. The molecule has 0 saturated carbocycles. The lowest BCUT2D eigenvalue weighted by Crippen LogP contribution is -2.42. The van der Waals surface area contributed by atoms with E-state index in [1.165, 1.54) is 41.3 Å². The number of hydrogen-bond acceptors (Lipinski definition) is 2. The zero-order valence-electron chi connectivity index (χ0n) is 13.4. The topological polar surface area (TPSA) is 49.4 Å². The molecule has 2 amide bonds. The van der Waals surface area contributed by atoms with E-state index in [1.54, 1.807) is 0 Å². The SMILES string of the molecule is O=C(N[C@H]1CCN(c2ccc(F)cc2)C1=O)c1ccccc1C(F)(F)F. The van der Waals surface area contributed by atoms with E-state index in [9.17, 15) is 27.2 Å². The number of hydrogen-bond donors (Lipinski definition) is 1. The first-order chi connectivity index (χ1) is 12.3. The summed E-state index contributed by atoms with van der Waals surface area (Å²) in [7, 11) is 0. The molecule has 0 bridgehead atoms. The van der Waals surface area contributed by atoms with Gasteiger partial charge in [0, 0.05) is 12.2 Å². The van der Waals surface area contributed by atoms with Crippen LogP contribution >= 0.6 is 0 Å². The van der Waals surface area contributed by atoms with E-state index < -0.39 is 41.0 Å². The van der Waals surface area contributed by atoms with Crippen LogP contribution in [0.3, 0.4) is 0 Å². The highest BCUT2D eigenvalue weighted by atomic mass is 19.4. The lowest BCUT2D eigenvalue weighted by atomic mass is 10.1. The quantitative estimate of drug-likeness (QED) is 0.847. The number of amides is 2. The Kier molecular flexibility index (Phi) is 4.67. The van der Waals surface area contributed by atoms with Crippen molar-refractivity contribution >= 4 is 17.5 Å². The van der Waals surface area contributed by atoms with Crippen molar-refractivity contribution in [2.45, 2.75) is 18.6 Å². The number of nitrogens with zero attached hydrogens (tertiary/aromatic N) is 1. The van der Waals surface area contributed by atoms with Gasteiger partial charge in [0.2, 0.25) is 5.91 Å². The highest BCUT2D eigenvalue weighted by Crippen LogP contribution is 2.32. The van der Waals surface area contributed by atoms with E-state index in [-0.39, 0.29) is 13.0 Å². The van der Waals surface area contributed by atoms with Crippen LogP contribution in [0.15, 0.2) is 48.5 Å². The van der Waals surface area contributed by atoms with Crippen LogP contribution < -0.4 is 10.2 Å². The van der Waals surface area contributed by atoms with Crippen LogP contribution in [-0.2, 0) is 11.0 Å². The number of carbonyl (C=O) groups excluding carboxylic acids is 2. The predicted octanol–water partition coefficient (Wildman–Crippen LogP) is 3.38. The number of anilines is 1. The van der Waals surface area contributed by atoms with Crippen LogP contribution in [0.1, 0.15) is 22.3 Å². The van der Waals surface area contributed by atoms with Crippen molar-refractivity contribution in [3.05, 3.63) is 65.5 Å². The number of carbonyl (C=O) groups is 2. The van der Waals surface area contributed by atoms with Gasteiger partial charge in [-0.25, -0.2) is 4.39 Å². The monoisotopic (exact) mass is 366 g/mol. The molecule has 2 aromatic rings. The molecular weight excluding hydrogens is 352 g/mol. The summed E-state index contributed by atoms with van der Waals surface area (Å²) in [4.78, 5) is 26.1. The largest absolute Gasteiger partial charge is 0.417 e. The molecule has 8 heteroatoms. The zero-order valence-corrected chi connectivity index (χ0v) is 13.4. The smallest absolute Gasteiger partial charge is 0.340 e. The molecule has 1 saturated heterocycles. The molecule has 2 aromatic carbocycles. The van der Waals surface area contributed by atoms with Crippen LogP contribution in [0.2, 0.25) is 0 Å². The van der Waals surface area contributed by atoms with Crippen molar-refractivity contribution in [3.8, 4) is 0 Å². The molecule has 1 atom stereocenters. The van der Waals surface area contributed by atoms with Gasteiger partial charge in [0.25, 0.3) is 5.91 Å². The summed E-state index contributed by atoms with van der Waals surface area (Å²) in [6.45, 7) is 0.274. The van der Waals surface area contributed by atoms with E-state index in [2.05, 4.69) is 5.32 Å². The summed E-state index contributed by atoms with van der Waals surface area (Å²) in [5, 5.41) is 2.36. The molecule has 0 spiro atoms. The molecule has 0 aliphatic carbocycles. The Bertz CT molecular complexity index is 834. The normalized spacial score (nSPS) is 17.5. The number of halogens is 4. The van der Waals surface area contributed by atoms with Crippen LogP contribution in [0.4, 0.5) is 23.2 Å².